The Kier molecular flexibility index (Phi) is 7.12. The smallest absolute Gasteiger partial charge is 0.226 e. The van der Waals surface area contributed by atoms with Crippen LogP contribution in [0.5, 0.6) is 0 Å². The third kappa shape index (κ3) is 4.08. The van der Waals surface area contributed by atoms with Gasteiger partial charge in [-0.1, -0.05) is 52.8 Å². The molecular formula is C37H56N2O2. The number of nitrogens with zero attached hydrogens (tertiary/aromatic N) is 1. The Hall–Kier alpha value is -1.68. The van der Waals surface area contributed by atoms with Gasteiger partial charge in [-0.15, -0.1) is 0 Å². The Morgan fingerprint density at radius 2 is 1.76 bits per heavy atom. The summed E-state index contributed by atoms with van der Waals surface area (Å²) in [6.45, 7) is 20.0. The number of hydrogen-bond acceptors (Lipinski definition) is 3. The van der Waals surface area contributed by atoms with E-state index in [-0.39, 0.29) is 33.2 Å². The maximum atomic E-state index is 14.3. The lowest BCUT2D eigenvalue weighted by molar-refractivity contribution is -0.246. The number of carbonyl (C=O) groups is 1. The second-order valence-electron chi connectivity index (χ2n) is 16.6. The van der Waals surface area contributed by atoms with Gasteiger partial charge in [-0.2, -0.15) is 0 Å². The molecule has 4 nitrogen and oxygen atoms in total. The minimum absolute atomic E-state index is 0.0157. The van der Waals surface area contributed by atoms with E-state index in [0.29, 0.717) is 42.0 Å². The first-order chi connectivity index (χ1) is 19.3. The van der Waals surface area contributed by atoms with Crippen molar-refractivity contribution in [3.63, 3.8) is 0 Å². The molecule has 10 atom stereocenters. The molecule has 1 heterocycles. The van der Waals surface area contributed by atoms with Gasteiger partial charge >= 0.3 is 0 Å². The molecular weight excluding hydrogens is 504 g/mol. The minimum atomic E-state index is -0.260. The van der Waals surface area contributed by atoms with Gasteiger partial charge in [0.25, 0.3) is 0 Å². The van der Waals surface area contributed by atoms with E-state index in [4.69, 9.17) is 0 Å². The molecule has 0 radical (unpaired) electrons. The molecule has 5 aliphatic carbocycles. The molecule has 6 rings (SSSR count). The quantitative estimate of drug-likeness (QED) is 0.362. The molecule has 1 amide bonds. The number of amides is 1. The molecule has 4 heteroatoms. The Bertz CT molecular complexity index is 1180. The minimum Gasteiger partial charge on any atom is -0.393 e. The largest absolute Gasteiger partial charge is 0.393 e. The second kappa shape index (κ2) is 9.93. The monoisotopic (exact) mass is 560 g/mol. The maximum Gasteiger partial charge on any atom is 0.226 e. The molecule has 0 aromatic carbocycles. The van der Waals surface area contributed by atoms with Crippen LogP contribution in [0.25, 0.3) is 0 Å². The van der Waals surface area contributed by atoms with Crippen LogP contribution in [0.4, 0.5) is 0 Å². The van der Waals surface area contributed by atoms with Gasteiger partial charge in [0.1, 0.15) is 0 Å². The predicted octanol–water partition coefficient (Wildman–Crippen LogP) is 7.76. The summed E-state index contributed by atoms with van der Waals surface area (Å²) < 4.78 is 0. The fraction of sp³-hybridized carbons (Fsp3) is 0.784. The van der Waals surface area contributed by atoms with Crippen molar-refractivity contribution < 1.29 is 9.90 Å². The average Bonchev–Trinajstić information content (AvgIpc) is 3.33. The Morgan fingerprint density at radius 3 is 2.46 bits per heavy atom. The summed E-state index contributed by atoms with van der Waals surface area (Å²) in [6, 6.07) is 4.07. The first-order valence-electron chi connectivity index (χ1n) is 16.8. The molecule has 5 fully saturated rings. The second-order valence-corrected chi connectivity index (χ2v) is 16.6. The summed E-state index contributed by atoms with van der Waals surface area (Å²) in [5.74, 6) is 2.98. The predicted molar refractivity (Wildman–Crippen MR) is 166 cm³/mol. The molecule has 41 heavy (non-hydrogen) atoms. The van der Waals surface area contributed by atoms with Crippen LogP contribution >= 0.6 is 0 Å². The van der Waals surface area contributed by atoms with Gasteiger partial charge in [0, 0.05) is 18.9 Å². The van der Waals surface area contributed by atoms with Gasteiger partial charge in [0.15, 0.2) is 0 Å². The summed E-state index contributed by atoms with van der Waals surface area (Å²) in [6.07, 6.45) is 15.7. The summed E-state index contributed by atoms with van der Waals surface area (Å²) in [5, 5.41) is 14.5. The van der Waals surface area contributed by atoms with Crippen LogP contribution in [0, 0.1) is 56.7 Å². The molecule has 5 saturated carbocycles. The number of fused-ring (bicyclic) bond motifs is 7. The molecule has 0 saturated heterocycles. The summed E-state index contributed by atoms with van der Waals surface area (Å²) in [5.41, 5.74) is 2.97. The first kappa shape index (κ1) is 29.4. The average molecular weight is 561 g/mol. The summed E-state index contributed by atoms with van der Waals surface area (Å²) >= 11 is 0. The number of aliphatic hydroxyl groups excluding tert-OH is 1. The fourth-order valence-corrected chi connectivity index (χ4v) is 12.6. The zero-order chi connectivity index (χ0) is 29.4. The van der Waals surface area contributed by atoms with Crippen molar-refractivity contribution in [2.24, 2.45) is 56.7 Å². The zero-order valence-electron chi connectivity index (χ0n) is 26.8. The molecule has 4 unspecified atom stereocenters. The van der Waals surface area contributed by atoms with Gasteiger partial charge in [0.05, 0.1) is 11.5 Å². The normalized spacial score (nSPS) is 46.4. The number of rotatable bonds is 5. The van der Waals surface area contributed by atoms with E-state index in [9.17, 15) is 9.90 Å². The van der Waals surface area contributed by atoms with E-state index < -0.39 is 0 Å². The van der Waals surface area contributed by atoms with Crippen molar-refractivity contribution in [3.05, 3.63) is 42.2 Å². The highest BCUT2D eigenvalue weighted by atomic mass is 16.3. The number of aromatic nitrogens is 1. The summed E-state index contributed by atoms with van der Waals surface area (Å²) in [4.78, 5) is 18.5. The van der Waals surface area contributed by atoms with Crippen LogP contribution in [0.1, 0.15) is 111 Å². The maximum absolute atomic E-state index is 14.3. The van der Waals surface area contributed by atoms with Gasteiger partial charge in [-0.25, -0.2) is 0 Å². The van der Waals surface area contributed by atoms with E-state index in [0.717, 1.165) is 44.9 Å². The van der Waals surface area contributed by atoms with Gasteiger partial charge in [0.2, 0.25) is 5.91 Å². The molecule has 226 valence electrons. The van der Waals surface area contributed by atoms with E-state index in [1.54, 1.807) is 0 Å². The molecule has 1 aromatic heterocycles. The van der Waals surface area contributed by atoms with E-state index >= 15 is 0 Å². The molecule has 0 bridgehead atoms. The van der Waals surface area contributed by atoms with Crippen molar-refractivity contribution in [1.29, 1.82) is 0 Å². The standard InChI is InChI=1S/C37H56N2O2/c1-24(2)26-12-18-37(32(41)39-22-15-25-9-8-21-38-23-25)20-19-35(6)27(31(26)37)10-11-29-34(5)16-14-30(40)33(3,4)28(34)13-17-36(29,35)7/h8-9,21,23,26-31,40H,1,10-20,22H2,2-7H3,(H,39,41)/t26-,27+,28?,29?,30-,31?,34-,35+,36+,37?/m0/s1. The zero-order valence-corrected chi connectivity index (χ0v) is 26.8. The molecule has 5 aliphatic rings. The lowest BCUT2D eigenvalue weighted by Gasteiger charge is -2.72. The van der Waals surface area contributed by atoms with Gasteiger partial charge in [-0.3, -0.25) is 9.78 Å². The van der Waals surface area contributed by atoms with Crippen LogP contribution in [-0.4, -0.2) is 28.6 Å². The van der Waals surface area contributed by atoms with Crippen LogP contribution in [0.2, 0.25) is 0 Å². The molecule has 1 aromatic rings. The first-order valence-corrected chi connectivity index (χ1v) is 16.8. The van der Waals surface area contributed by atoms with Crippen LogP contribution in [0.15, 0.2) is 36.7 Å². The highest BCUT2D eigenvalue weighted by Crippen LogP contribution is 2.77. The number of carbonyl (C=O) groups excluding carboxylic acids is 1. The van der Waals surface area contributed by atoms with Crippen molar-refractivity contribution in [2.75, 3.05) is 6.54 Å². The lowest BCUT2D eigenvalue weighted by Crippen LogP contribution is -2.67. The lowest BCUT2D eigenvalue weighted by atomic mass is 9.32. The van der Waals surface area contributed by atoms with Gasteiger partial charge < -0.3 is 10.4 Å². The molecule has 0 spiro atoms. The van der Waals surface area contributed by atoms with E-state index in [1.165, 1.54) is 36.8 Å². The SMILES string of the molecule is C=C(C)[C@@H]1CCC2(C(=O)NCCc3cccnc3)CC[C@]3(C)[C@H](CCC4[C@@]5(C)CC[C@H](O)C(C)(C)C5CC[C@]43C)C12. The third-order valence-electron chi connectivity index (χ3n) is 14.9. The summed E-state index contributed by atoms with van der Waals surface area (Å²) in [7, 11) is 0. The Morgan fingerprint density at radius 1 is 0.976 bits per heavy atom. The number of pyridine rings is 1. The Balaban J connectivity index is 1.30. The van der Waals surface area contributed by atoms with E-state index in [2.05, 4.69) is 64.5 Å². The fourth-order valence-electron chi connectivity index (χ4n) is 12.6. The number of allylic oxidation sites excluding steroid dienone is 1. The third-order valence-corrected chi connectivity index (χ3v) is 14.9. The van der Waals surface area contributed by atoms with Crippen LogP contribution in [0.3, 0.4) is 0 Å². The number of nitrogens with one attached hydrogen (secondary N) is 1. The highest BCUT2D eigenvalue weighted by Gasteiger charge is 2.71. The Labute approximate surface area is 249 Å². The topological polar surface area (TPSA) is 62.2 Å². The van der Waals surface area contributed by atoms with E-state index in [1.807, 2.05) is 18.5 Å². The van der Waals surface area contributed by atoms with Crippen molar-refractivity contribution in [1.82, 2.24) is 10.3 Å². The van der Waals surface area contributed by atoms with Crippen LogP contribution in [-0.2, 0) is 11.2 Å². The molecule has 2 N–H and O–H groups in total. The van der Waals surface area contributed by atoms with Crippen LogP contribution < -0.4 is 5.32 Å². The number of hydrogen-bond donors (Lipinski definition) is 2. The van der Waals surface area contributed by atoms with Crippen molar-refractivity contribution >= 4 is 5.91 Å². The highest BCUT2D eigenvalue weighted by molar-refractivity contribution is 5.84. The number of aliphatic hydroxyl groups is 1. The molecule has 0 aliphatic heterocycles. The van der Waals surface area contributed by atoms with Crippen molar-refractivity contribution in [2.45, 2.75) is 118 Å². The van der Waals surface area contributed by atoms with Crippen molar-refractivity contribution in [3.8, 4) is 0 Å². The van der Waals surface area contributed by atoms with Gasteiger partial charge in [-0.05, 0) is 140 Å².